The molecule has 1 nitrogen and oxygen atoms in total. The summed E-state index contributed by atoms with van der Waals surface area (Å²) in [6.45, 7) is 4.17. The van der Waals surface area contributed by atoms with Gasteiger partial charge in [0.05, 0.1) is 0 Å². The molecule has 1 aromatic rings. The van der Waals surface area contributed by atoms with Gasteiger partial charge in [-0.15, -0.1) is 0 Å². The molecule has 0 unspecified atom stereocenters. The minimum Gasteiger partial charge on any atom is -0.490 e. The summed E-state index contributed by atoms with van der Waals surface area (Å²) in [6.07, 6.45) is 10.3. The average molecular weight is 198 g/mol. The smallest absolute Gasteiger partial charge is 0.119 e. The summed E-state index contributed by atoms with van der Waals surface area (Å²) in [7, 11) is 0. The molecule has 0 aromatic heterocycles. The Balaban J connectivity index is 2.06. The van der Waals surface area contributed by atoms with E-state index in [4.69, 9.17) is 4.74 Å². The lowest BCUT2D eigenvalue weighted by Gasteiger charge is -2.07. The average Bonchev–Trinajstić information content (AvgIpc) is 2.80. The Labute approximate surface area is 90.4 Å². The summed E-state index contributed by atoms with van der Waals surface area (Å²) in [5.74, 6) is 1.32. The van der Waals surface area contributed by atoms with E-state index >= 15 is 0 Å². The van der Waals surface area contributed by atoms with E-state index in [0.717, 1.165) is 5.75 Å². The van der Waals surface area contributed by atoms with Crippen molar-refractivity contribution in [1.82, 2.24) is 0 Å². The lowest BCUT2D eigenvalue weighted by atomic mass is 10.0. The van der Waals surface area contributed by atoms with E-state index in [1.807, 2.05) is 12.1 Å². The number of ether oxygens (including phenoxy) is 1. The fourth-order valence-corrected chi connectivity index (χ4v) is 1.60. The Bertz CT molecular complexity index is 372. The van der Waals surface area contributed by atoms with Crippen molar-refractivity contribution >= 4 is 0 Å². The molecule has 0 heterocycles. The van der Waals surface area contributed by atoms with Crippen LogP contribution in [-0.4, -0.2) is 6.61 Å². The van der Waals surface area contributed by atoms with E-state index < -0.39 is 0 Å². The summed E-state index contributed by atoms with van der Waals surface area (Å²) in [5.41, 5.74) is 1.30. The number of allylic oxidation sites excluding steroid dienone is 4. The molecule has 0 bridgehead atoms. The van der Waals surface area contributed by atoms with Crippen molar-refractivity contribution in [3.05, 3.63) is 66.8 Å². The molecular weight excluding hydrogens is 184 g/mol. The van der Waals surface area contributed by atoms with Crippen LogP contribution in [0.1, 0.15) is 11.5 Å². The van der Waals surface area contributed by atoms with E-state index in [1.165, 1.54) is 5.56 Å². The first kappa shape index (κ1) is 9.78. The SMILES string of the molecule is C=CCOc1ccc(C2C=CC=C2)cc1. The number of hydrogen-bond donors (Lipinski definition) is 0. The molecule has 1 aliphatic rings. The molecule has 76 valence electrons. The molecule has 0 N–H and O–H groups in total. The van der Waals surface area contributed by atoms with Gasteiger partial charge in [-0.05, 0) is 17.7 Å². The third kappa shape index (κ3) is 2.38. The first-order valence-electron chi connectivity index (χ1n) is 5.09. The molecule has 0 atom stereocenters. The van der Waals surface area contributed by atoms with Crippen molar-refractivity contribution in [2.75, 3.05) is 6.61 Å². The molecule has 0 spiro atoms. The first-order chi connectivity index (χ1) is 7.40. The van der Waals surface area contributed by atoms with Gasteiger partial charge in [-0.25, -0.2) is 0 Å². The van der Waals surface area contributed by atoms with Gasteiger partial charge in [-0.2, -0.15) is 0 Å². The van der Waals surface area contributed by atoms with Crippen LogP contribution in [0.2, 0.25) is 0 Å². The highest BCUT2D eigenvalue weighted by molar-refractivity contribution is 5.37. The summed E-state index contributed by atoms with van der Waals surface area (Å²) >= 11 is 0. The zero-order valence-electron chi connectivity index (χ0n) is 8.60. The fraction of sp³-hybridized carbons (Fsp3) is 0.143. The maximum atomic E-state index is 5.42. The van der Waals surface area contributed by atoms with Gasteiger partial charge >= 0.3 is 0 Å². The Morgan fingerprint density at radius 1 is 1.13 bits per heavy atom. The molecule has 0 amide bonds. The predicted molar refractivity (Wildman–Crippen MR) is 63.2 cm³/mol. The highest BCUT2D eigenvalue weighted by atomic mass is 16.5. The van der Waals surface area contributed by atoms with Crippen molar-refractivity contribution in [3.8, 4) is 5.75 Å². The Morgan fingerprint density at radius 2 is 1.80 bits per heavy atom. The number of rotatable bonds is 4. The van der Waals surface area contributed by atoms with E-state index in [1.54, 1.807) is 6.08 Å². The van der Waals surface area contributed by atoms with Gasteiger partial charge in [-0.3, -0.25) is 0 Å². The molecule has 0 saturated heterocycles. The van der Waals surface area contributed by atoms with Crippen molar-refractivity contribution in [2.24, 2.45) is 0 Å². The Hall–Kier alpha value is -1.76. The molecule has 1 heteroatoms. The zero-order chi connectivity index (χ0) is 10.5. The van der Waals surface area contributed by atoms with E-state index in [9.17, 15) is 0 Å². The van der Waals surface area contributed by atoms with Crippen LogP contribution in [-0.2, 0) is 0 Å². The predicted octanol–water partition coefficient (Wildman–Crippen LogP) is 3.46. The quantitative estimate of drug-likeness (QED) is 0.673. The maximum Gasteiger partial charge on any atom is 0.119 e. The van der Waals surface area contributed by atoms with E-state index in [-0.39, 0.29) is 0 Å². The van der Waals surface area contributed by atoms with Crippen molar-refractivity contribution in [3.63, 3.8) is 0 Å². The largest absolute Gasteiger partial charge is 0.490 e. The van der Waals surface area contributed by atoms with Gasteiger partial charge in [0, 0.05) is 5.92 Å². The molecule has 15 heavy (non-hydrogen) atoms. The van der Waals surface area contributed by atoms with Crippen LogP contribution in [0.25, 0.3) is 0 Å². The molecular formula is C14H14O. The van der Waals surface area contributed by atoms with Crippen molar-refractivity contribution < 1.29 is 4.74 Å². The second-order valence-electron chi connectivity index (χ2n) is 3.46. The topological polar surface area (TPSA) is 9.23 Å². The molecule has 1 aromatic carbocycles. The first-order valence-corrected chi connectivity index (χ1v) is 5.09. The van der Waals surface area contributed by atoms with Gasteiger partial charge in [0.15, 0.2) is 0 Å². The molecule has 0 radical (unpaired) electrons. The van der Waals surface area contributed by atoms with Gasteiger partial charge in [-0.1, -0.05) is 49.1 Å². The number of hydrogen-bond acceptors (Lipinski definition) is 1. The molecule has 1 aliphatic carbocycles. The lowest BCUT2D eigenvalue weighted by Crippen LogP contribution is -1.93. The van der Waals surface area contributed by atoms with E-state index in [2.05, 4.69) is 43.0 Å². The summed E-state index contributed by atoms with van der Waals surface area (Å²) in [5, 5.41) is 0. The Morgan fingerprint density at radius 3 is 2.40 bits per heavy atom. The van der Waals surface area contributed by atoms with Gasteiger partial charge in [0.25, 0.3) is 0 Å². The highest BCUT2D eigenvalue weighted by Crippen LogP contribution is 2.24. The lowest BCUT2D eigenvalue weighted by molar-refractivity contribution is 0.363. The standard InChI is InChI=1S/C14H14O/c1-2-11-15-14-9-7-13(8-10-14)12-5-3-4-6-12/h2-10,12H,1,11H2. The van der Waals surface area contributed by atoms with Crippen LogP contribution in [0.4, 0.5) is 0 Å². The number of benzene rings is 1. The van der Waals surface area contributed by atoms with Gasteiger partial charge in [0.1, 0.15) is 12.4 Å². The fourth-order valence-electron chi connectivity index (χ4n) is 1.60. The second-order valence-corrected chi connectivity index (χ2v) is 3.46. The zero-order valence-corrected chi connectivity index (χ0v) is 8.60. The maximum absolute atomic E-state index is 5.42. The molecule has 0 fully saturated rings. The third-order valence-corrected chi connectivity index (χ3v) is 2.38. The minimum atomic E-state index is 0.429. The summed E-state index contributed by atoms with van der Waals surface area (Å²) in [6, 6.07) is 8.20. The monoisotopic (exact) mass is 198 g/mol. The molecule has 0 saturated carbocycles. The second kappa shape index (κ2) is 4.65. The summed E-state index contributed by atoms with van der Waals surface area (Å²) in [4.78, 5) is 0. The van der Waals surface area contributed by atoms with Crippen LogP contribution in [0, 0.1) is 0 Å². The van der Waals surface area contributed by atoms with Gasteiger partial charge in [0.2, 0.25) is 0 Å². The summed E-state index contributed by atoms with van der Waals surface area (Å²) < 4.78 is 5.42. The van der Waals surface area contributed by atoms with Crippen molar-refractivity contribution in [1.29, 1.82) is 0 Å². The van der Waals surface area contributed by atoms with Crippen molar-refractivity contribution in [2.45, 2.75) is 5.92 Å². The Kier molecular flexibility index (Phi) is 3.03. The van der Waals surface area contributed by atoms with Crippen LogP contribution in [0.3, 0.4) is 0 Å². The highest BCUT2D eigenvalue weighted by Gasteiger charge is 2.06. The van der Waals surface area contributed by atoms with E-state index in [0.29, 0.717) is 12.5 Å². The third-order valence-electron chi connectivity index (χ3n) is 2.38. The van der Waals surface area contributed by atoms with Crippen LogP contribution in [0.5, 0.6) is 5.75 Å². The van der Waals surface area contributed by atoms with Gasteiger partial charge < -0.3 is 4.74 Å². The molecule has 2 rings (SSSR count). The normalized spacial score (nSPS) is 14.4. The van der Waals surface area contributed by atoms with Crippen LogP contribution >= 0.6 is 0 Å². The minimum absolute atomic E-state index is 0.429. The van der Waals surface area contributed by atoms with Crippen LogP contribution in [0.15, 0.2) is 61.2 Å². The van der Waals surface area contributed by atoms with Crippen LogP contribution < -0.4 is 4.74 Å². The molecule has 0 aliphatic heterocycles.